The molecular formula is C21H21N5O4. The molecule has 0 amide bonds. The van der Waals surface area contributed by atoms with E-state index in [1.54, 1.807) is 20.1 Å². The molecule has 0 bridgehead atoms. The molecule has 4 rings (SSSR count). The molecule has 1 N–H and O–H groups in total. The highest BCUT2D eigenvalue weighted by molar-refractivity contribution is 5.92. The first-order valence-corrected chi connectivity index (χ1v) is 9.31. The van der Waals surface area contributed by atoms with Crippen molar-refractivity contribution in [1.29, 1.82) is 0 Å². The van der Waals surface area contributed by atoms with Crippen molar-refractivity contribution in [2.45, 2.75) is 19.6 Å². The molecule has 1 atom stereocenters. The Kier molecular flexibility index (Phi) is 5.34. The number of ether oxygens (including phenoxy) is 3. The van der Waals surface area contributed by atoms with Crippen LogP contribution in [0.2, 0.25) is 0 Å². The quantitative estimate of drug-likeness (QED) is 0.623. The van der Waals surface area contributed by atoms with Gasteiger partial charge in [-0.2, -0.15) is 4.68 Å². The fourth-order valence-corrected chi connectivity index (χ4v) is 3.47. The third-order valence-electron chi connectivity index (χ3n) is 4.87. The molecule has 154 valence electrons. The minimum absolute atomic E-state index is 0.331. The zero-order valence-electron chi connectivity index (χ0n) is 16.8. The van der Waals surface area contributed by atoms with Crippen LogP contribution in [0.1, 0.15) is 24.1 Å². The van der Waals surface area contributed by atoms with Crippen LogP contribution < -0.4 is 14.8 Å². The maximum atomic E-state index is 12.7. The topological polar surface area (TPSA) is 100 Å². The largest absolute Gasteiger partial charge is 0.493 e. The number of carbonyl (C=O) groups excluding carboxylic acids is 1. The summed E-state index contributed by atoms with van der Waals surface area (Å²) in [5.74, 6) is 0.981. The molecule has 9 heteroatoms. The van der Waals surface area contributed by atoms with Gasteiger partial charge >= 0.3 is 5.97 Å². The van der Waals surface area contributed by atoms with Gasteiger partial charge in [-0.25, -0.2) is 4.79 Å². The number of rotatable bonds is 6. The van der Waals surface area contributed by atoms with Crippen LogP contribution in [0.4, 0.5) is 5.95 Å². The Morgan fingerprint density at radius 3 is 2.67 bits per heavy atom. The van der Waals surface area contributed by atoms with Crippen molar-refractivity contribution in [3.8, 4) is 11.5 Å². The van der Waals surface area contributed by atoms with Gasteiger partial charge in [-0.1, -0.05) is 47.6 Å². The number of anilines is 1. The third kappa shape index (κ3) is 3.45. The highest BCUT2D eigenvalue weighted by atomic mass is 16.5. The molecule has 0 aliphatic carbocycles. The van der Waals surface area contributed by atoms with Crippen molar-refractivity contribution < 1.29 is 19.0 Å². The summed E-state index contributed by atoms with van der Waals surface area (Å²) in [5.41, 5.74) is 2.67. The number of carbonyl (C=O) groups is 1. The van der Waals surface area contributed by atoms with Gasteiger partial charge in [0.25, 0.3) is 0 Å². The number of nitrogens with one attached hydrogen (secondary N) is 1. The summed E-state index contributed by atoms with van der Waals surface area (Å²) < 4.78 is 18.3. The molecule has 9 nitrogen and oxygen atoms in total. The lowest BCUT2D eigenvalue weighted by Gasteiger charge is -2.28. The smallest absolute Gasteiger partial charge is 0.338 e. The van der Waals surface area contributed by atoms with Gasteiger partial charge in [0.2, 0.25) is 5.95 Å². The van der Waals surface area contributed by atoms with E-state index in [2.05, 4.69) is 20.8 Å². The van der Waals surface area contributed by atoms with E-state index < -0.39 is 12.0 Å². The standard InChI is InChI=1S/C21H21N5O4/c1-13-17(20(27)29-3)18(26-21(22-13)23-24-25-26)15-10-7-11-16(28-2)19(15)30-12-14-8-5-4-6-9-14/h4-11,18H,12H2,1-3H3,(H,22,23,25)/t18-/m0/s1. The first-order valence-electron chi connectivity index (χ1n) is 9.31. The van der Waals surface area contributed by atoms with Crippen molar-refractivity contribution in [1.82, 2.24) is 20.2 Å². The van der Waals surface area contributed by atoms with Gasteiger partial charge in [0.05, 0.1) is 19.8 Å². The minimum atomic E-state index is -0.649. The number of aromatic nitrogens is 4. The summed E-state index contributed by atoms with van der Waals surface area (Å²) in [4.78, 5) is 12.7. The number of hydrogen-bond donors (Lipinski definition) is 1. The lowest BCUT2D eigenvalue weighted by molar-refractivity contribution is -0.136. The second-order valence-corrected chi connectivity index (χ2v) is 6.66. The Balaban J connectivity index is 1.83. The number of tetrazole rings is 1. The van der Waals surface area contributed by atoms with Crippen LogP contribution >= 0.6 is 0 Å². The van der Waals surface area contributed by atoms with Crippen LogP contribution in [0.15, 0.2) is 59.8 Å². The van der Waals surface area contributed by atoms with Crippen molar-refractivity contribution in [3.63, 3.8) is 0 Å². The van der Waals surface area contributed by atoms with Crippen molar-refractivity contribution in [3.05, 3.63) is 70.9 Å². The van der Waals surface area contributed by atoms with Crippen LogP contribution in [-0.4, -0.2) is 40.4 Å². The van der Waals surface area contributed by atoms with E-state index in [1.165, 1.54) is 11.8 Å². The number of fused-ring (bicyclic) bond motifs is 1. The van der Waals surface area contributed by atoms with Crippen LogP contribution in [0.5, 0.6) is 11.5 Å². The lowest BCUT2D eigenvalue weighted by atomic mass is 9.94. The molecule has 0 unspecified atom stereocenters. The van der Waals surface area contributed by atoms with Gasteiger partial charge in [-0.15, -0.1) is 0 Å². The molecule has 1 aliphatic rings. The second kappa shape index (κ2) is 8.24. The first kappa shape index (κ1) is 19.4. The van der Waals surface area contributed by atoms with Gasteiger partial charge in [-0.05, 0) is 29.0 Å². The molecule has 0 saturated carbocycles. The summed E-state index contributed by atoms with van der Waals surface area (Å²) in [5, 5.41) is 14.9. The Morgan fingerprint density at radius 1 is 1.13 bits per heavy atom. The number of benzene rings is 2. The van der Waals surface area contributed by atoms with Gasteiger partial charge in [0.1, 0.15) is 12.6 Å². The van der Waals surface area contributed by atoms with Gasteiger partial charge in [-0.3, -0.25) is 0 Å². The zero-order valence-corrected chi connectivity index (χ0v) is 16.8. The average Bonchev–Trinajstić information content (AvgIpc) is 3.24. The third-order valence-corrected chi connectivity index (χ3v) is 4.87. The van der Waals surface area contributed by atoms with E-state index in [9.17, 15) is 4.79 Å². The average molecular weight is 407 g/mol. The number of allylic oxidation sites excluding steroid dienone is 1. The van der Waals surface area contributed by atoms with Crippen LogP contribution in [-0.2, 0) is 16.1 Å². The maximum absolute atomic E-state index is 12.7. The molecule has 30 heavy (non-hydrogen) atoms. The SMILES string of the molecule is COC(=O)C1=C(C)Nc2nnnn2[C@H]1c1cccc(OC)c1OCc1ccccc1. The molecule has 0 fully saturated rings. The Labute approximate surface area is 173 Å². The molecule has 0 spiro atoms. The number of para-hydroxylation sites is 1. The Hall–Kier alpha value is -3.88. The molecular weight excluding hydrogens is 386 g/mol. The predicted octanol–water partition coefficient (Wildman–Crippen LogP) is 2.72. The summed E-state index contributed by atoms with van der Waals surface area (Å²) in [6.45, 7) is 2.11. The van der Waals surface area contributed by atoms with Gasteiger partial charge in [0, 0.05) is 11.3 Å². The summed E-state index contributed by atoms with van der Waals surface area (Å²) in [7, 11) is 2.91. The number of nitrogens with zero attached hydrogens (tertiary/aromatic N) is 4. The number of methoxy groups -OCH3 is 2. The monoisotopic (exact) mass is 407 g/mol. The summed E-state index contributed by atoms with van der Waals surface area (Å²) in [6, 6.07) is 14.6. The second-order valence-electron chi connectivity index (χ2n) is 6.66. The highest BCUT2D eigenvalue weighted by Gasteiger charge is 2.37. The van der Waals surface area contributed by atoms with E-state index in [1.807, 2.05) is 42.5 Å². The molecule has 1 aliphatic heterocycles. The molecule has 0 radical (unpaired) electrons. The van der Waals surface area contributed by atoms with Crippen molar-refractivity contribution in [2.24, 2.45) is 0 Å². The molecule has 2 aromatic carbocycles. The fraction of sp³-hybridized carbons (Fsp3) is 0.238. The zero-order chi connectivity index (χ0) is 21.1. The molecule has 2 heterocycles. The van der Waals surface area contributed by atoms with E-state index in [0.717, 1.165) is 5.56 Å². The maximum Gasteiger partial charge on any atom is 0.338 e. The van der Waals surface area contributed by atoms with Crippen molar-refractivity contribution >= 4 is 11.9 Å². The number of esters is 1. The van der Waals surface area contributed by atoms with E-state index in [4.69, 9.17) is 14.2 Å². The highest BCUT2D eigenvalue weighted by Crippen LogP contribution is 2.43. The van der Waals surface area contributed by atoms with Crippen LogP contribution in [0, 0.1) is 0 Å². The number of hydrogen-bond acceptors (Lipinski definition) is 8. The Morgan fingerprint density at radius 2 is 1.93 bits per heavy atom. The van der Waals surface area contributed by atoms with Gasteiger partial charge < -0.3 is 19.5 Å². The lowest BCUT2D eigenvalue weighted by Crippen LogP contribution is -2.29. The van der Waals surface area contributed by atoms with Crippen molar-refractivity contribution in [2.75, 3.05) is 19.5 Å². The van der Waals surface area contributed by atoms with E-state index in [0.29, 0.717) is 40.9 Å². The molecule has 1 aromatic heterocycles. The van der Waals surface area contributed by atoms with Gasteiger partial charge in [0.15, 0.2) is 11.5 Å². The Bertz CT molecular complexity index is 1090. The summed E-state index contributed by atoms with van der Waals surface area (Å²) in [6.07, 6.45) is 0. The summed E-state index contributed by atoms with van der Waals surface area (Å²) >= 11 is 0. The predicted molar refractivity (Wildman–Crippen MR) is 108 cm³/mol. The first-order chi connectivity index (χ1) is 14.6. The van der Waals surface area contributed by atoms with E-state index >= 15 is 0 Å². The minimum Gasteiger partial charge on any atom is -0.493 e. The fourth-order valence-electron chi connectivity index (χ4n) is 3.47. The van der Waals surface area contributed by atoms with E-state index in [-0.39, 0.29) is 0 Å². The van der Waals surface area contributed by atoms with Crippen LogP contribution in [0.25, 0.3) is 0 Å². The molecule has 0 saturated heterocycles. The molecule has 3 aromatic rings. The normalized spacial score (nSPS) is 15.2. The van der Waals surface area contributed by atoms with Crippen LogP contribution in [0.3, 0.4) is 0 Å².